The SMILES string of the molecule is CCOc1ccnc(NCC2(Cn3cccn3)CC2)n1. The third-order valence-electron chi connectivity index (χ3n) is 3.56. The van der Waals surface area contributed by atoms with Crippen molar-refractivity contribution in [3.8, 4) is 5.88 Å². The van der Waals surface area contributed by atoms with E-state index in [4.69, 9.17) is 4.74 Å². The molecule has 0 aliphatic heterocycles. The van der Waals surface area contributed by atoms with Gasteiger partial charge in [-0.15, -0.1) is 0 Å². The Morgan fingerprint density at radius 2 is 2.30 bits per heavy atom. The molecule has 2 heterocycles. The minimum absolute atomic E-state index is 0.289. The van der Waals surface area contributed by atoms with Crippen LogP contribution in [0, 0.1) is 5.41 Å². The second-order valence-electron chi connectivity index (χ2n) is 5.21. The summed E-state index contributed by atoms with van der Waals surface area (Å²) in [6.07, 6.45) is 7.97. The van der Waals surface area contributed by atoms with Gasteiger partial charge in [0.2, 0.25) is 11.8 Å². The van der Waals surface area contributed by atoms with Crippen LogP contribution in [0.5, 0.6) is 5.88 Å². The molecular weight excluding hydrogens is 254 g/mol. The van der Waals surface area contributed by atoms with Crippen molar-refractivity contribution < 1.29 is 4.74 Å². The molecule has 0 radical (unpaired) electrons. The molecular formula is C14H19N5O. The molecule has 2 aromatic heterocycles. The maximum Gasteiger partial charge on any atom is 0.225 e. The van der Waals surface area contributed by atoms with Crippen LogP contribution in [0.1, 0.15) is 19.8 Å². The largest absolute Gasteiger partial charge is 0.478 e. The lowest BCUT2D eigenvalue weighted by Crippen LogP contribution is -2.22. The molecule has 3 rings (SSSR count). The van der Waals surface area contributed by atoms with E-state index in [0.29, 0.717) is 18.4 Å². The van der Waals surface area contributed by atoms with Gasteiger partial charge < -0.3 is 10.1 Å². The molecule has 6 nitrogen and oxygen atoms in total. The zero-order valence-electron chi connectivity index (χ0n) is 11.6. The summed E-state index contributed by atoms with van der Waals surface area (Å²) in [5, 5.41) is 7.59. The van der Waals surface area contributed by atoms with Crippen LogP contribution in [0.25, 0.3) is 0 Å². The highest BCUT2D eigenvalue weighted by Crippen LogP contribution is 2.46. The number of nitrogens with one attached hydrogen (secondary N) is 1. The quantitative estimate of drug-likeness (QED) is 0.835. The predicted molar refractivity (Wildman–Crippen MR) is 75.6 cm³/mol. The van der Waals surface area contributed by atoms with Gasteiger partial charge in [0.25, 0.3) is 0 Å². The average molecular weight is 273 g/mol. The van der Waals surface area contributed by atoms with Gasteiger partial charge in [-0.1, -0.05) is 0 Å². The van der Waals surface area contributed by atoms with Gasteiger partial charge in [0.15, 0.2) is 0 Å². The van der Waals surface area contributed by atoms with Crippen molar-refractivity contribution >= 4 is 5.95 Å². The summed E-state index contributed by atoms with van der Waals surface area (Å²) >= 11 is 0. The molecule has 0 bridgehead atoms. The Morgan fingerprint density at radius 1 is 1.40 bits per heavy atom. The Balaban J connectivity index is 1.57. The molecule has 0 spiro atoms. The molecule has 0 saturated heterocycles. The normalized spacial score (nSPS) is 15.8. The Labute approximate surface area is 118 Å². The fourth-order valence-electron chi connectivity index (χ4n) is 2.23. The molecule has 1 N–H and O–H groups in total. The van der Waals surface area contributed by atoms with E-state index in [-0.39, 0.29) is 5.41 Å². The molecule has 1 aliphatic carbocycles. The van der Waals surface area contributed by atoms with E-state index in [2.05, 4.69) is 20.4 Å². The number of ether oxygens (including phenoxy) is 1. The summed E-state index contributed by atoms with van der Waals surface area (Å²) in [4.78, 5) is 8.55. The van der Waals surface area contributed by atoms with Crippen LogP contribution in [0.2, 0.25) is 0 Å². The number of hydrogen-bond acceptors (Lipinski definition) is 5. The standard InChI is InChI=1S/C14H19N5O/c1-2-20-12-4-8-15-13(18-12)16-10-14(5-6-14)11-19-9-3-7-17-19/h3-4,7-9H,2,5-6,10-11H2,1H3,(H,15,16,18). The third-order valence-corrected chi connectivity index (χ3v) is 3.56. The lowest BCUT2D eigenvalue weighted by Gasteiger charge is -2.16. The smallest absolute Gasteiger partial charge is 0.225 e. The first-order valence-corrected chi connectivity index (χ1v) is 6.97. The number of hydrogen-bond donors (Lipinski definition) is 1. The zero-order valence-corrected chi connectivity index (χ0v) is 11.6. The molecule has 106 valence electrons. The second-order valence-corrected chi connectivity index (χ2v) is 5.21. The van der Waals surface area contributed by atoms with Crippen LogP contribution in [0.15, 0.2) is 30.7 Å². The van der Waals surface area contributed by atoms with Crippen molar-refractivity contribution in [1.29, 1.82) is 0 Å². The van der Waals surface area contributed by atoms with Gasteiger partial charge in [-0.3, -0.25) is 4.68 Å². The first-order valence-electron chi connectivity index (χ1n) is 6.97. The average Bonchev–Trinajstić information content (AvgIpc) is 3.02. The monoisotopic (exact) mass is 273 g/mol. The fourth-order valence-corrected chi connectivity index (χ4v) is 2.23. The van der Waals surface area contributed by atoms with Crippen molar-refractivity contribution in [3.05, 3.63) is 30.7 Å². The van der Waals surface area contributed by atoms with Crippen LogP contribution in [0.4, 0.5) is 5.95 Å². The van der Waals surface area contributed by atoms with Crippen LogP contribution < -0.4 is 10.1 Å². The molecule has 1 saturated carbocycles. The Hall–Kier alpha value is -2.11. The van der Waals surface area contributed by atoms with Gasteiger partial charge in [0.05, 0.1) is 6.61 Å². The molecule has 2 aromatic rings. The Bertz CT molecular complexity index is 550. The summed E-state index contributed by atoms with van der Waals surface area (Å²) in [5.41, 5.74) is 0.289. The highest BCUT2D eigenvalue weighted by atomic mass is 16.5. The van der Waals surface area contributed by atoms with Gasteiger partial charge >= 0.3 is 0 Å². The van der Waals surface area contributed by atoms with Crippen LogP contribution >= 0.6 is 0 Å². The van der Waals surface area contributed by atoms with Crippen molar-refractivity contribution in [2.75, 3.05) is 18.5 Å². The number of nitrogens with zero attached hydrogens (tertiary/aromatic N) is 4. The van der Waals surface area contributed by atoms with Gasteiger partial charge in [-0.25, -0.2) is 4.98 Å². The van der Waals surface area contributed by atoms with E-state index in [0.717, 1.165) is 13.1 Å². The molecule has 6 heteroatoms. The topological polar surface area (TPSA) is 64.9 Å². The highest BCUT2D eigenvalue weighted by Gasteiger charge is 2.43. The first-order chi connectivity index (χ1) is 9.80. The van der Waals surface area contributed by atoms with E-state index in [9.17, 15) is 0 Å². The lowest BCUT2D eigenvalue weighted by molar-refractivity contribution is 0.326. The first kappa shape index (κ1) is 12.9. The highest BCUT2D eigenvalue weighted by molar-refractivity contribution is 5.28. The van der Waals surface area contributed by atoms with E-state index < -0.39 is 0 Å². The molecule has 0 amide bonds. The van der Waals surface area contributed by atoms with Gasteiger partial charge in [0.1, 0.15) is 0 Å². The molecule has 0 unspecified atom stereocenters. The lowest BCUT2D eigenvalue weighted by atomic mass is 10.1. The van der Waals surface area contributed by atoms with E-state index >= 15 is 0 Å². The van der Waals surface area contributed by atoms with Crippen molar-refractivity contribution in [2.45, 2.75) is 26.3 Å². The molecule has 1 fully saturated rings. The van der Waals surface area contributed by atoms with Crippen molar-refractivity contribution in [1.82, 2.24) is 19.7 Å². The minimum Gasteiger partial charge on any atom is -0.478 e. The Morgan fingerprint density at radius 3 is 3.00 bits per heavy atom. The summed E-state index contributed by atoms with van der Waals surface area (Å²) < 4.78 is 7.37. The number of aromatic nitrogens is 4. The second kappa shape index (κ2) is 5.48. The van der Waals surface area contributed by atoms with Crippen LogP contribution in [-0.4, -0.2) is 32.9 Å². The number of rotatable bonds is 7. The van der Waals surface area contributed by atoms with Crippen molar-refractivity contribution in [2.24, 2.45) is 5.41 Å². The summed E-state index contributed by atoms with van der Waals surface area (Å²) in [6.45, 7) is 4.36. The van der Waals surface area contributed by atoms with Gasteiger partial charge in [-0.2, -0.15) is 10.1 Å². The van der Waals surface area contributed by atoms with Crippen LogP contribution in [0.3, 0.4) is 0 Å². The molecule has 20 heavy (non-hydrogen) atoms. The minimum atomic E-state index is 0.289. The summed E-state index contributed by atoms with van der Waals surface area (Å²) in [5.74, 6) is 1.24. The molecule has 0 atom stereocenters. The zero-order chi connectivity index (χ0) is 13.8. The van der Waals surface area contributed by atoms with E-state index in [1.165, 1.54) is 12.8 Å². The summed E-state index contributed by atoms with van der Waals surface area (Å²) in [7, 11) is 0. The predicted octanol–water partition coefficient (Wildman–Crippen LogP) is 1.96. The summed E-state index contributed by atoms with van der Waals surface area (Å²) in [6, 6.07) is 3.73. The van der Waals surface area contributed by atoms with E-state index in [1.807, 2.05) is 30.1 Å². The third kappa shape index (κ3) is 3.07. The Kier molecular flexibility index (Phi) is 3.54. The van der Waals surface area contributed by atoms with E-state index in [1.54, 1.807) is 12.3 Å². The van der Waals surface area contributed by atoms with Gasteiger partial charge in [-0.05, 0) is 25.8 Å². The van der Waals surface area contributed by atoms with Crippen LogP contribution in [-0.2, 0) is 6.54 Å². The molecule has 1 aliphatic rings. The van der Waals surface area contributed by atoms with Gasteiger partial charge in [0, 0.05) is 43.2 Å². The fraction of sp³-hybridized carbons (Fsp3) is 0.500. The maximum atomic E-state index is 5.37. The number of anilines is 1. The van der Waals surface area contributed by atoms with Crippen molar-refractivity contribution in [3.63, 3.8) is 0 Å². The maximum absolute atomic E-state index is 5.37. The molecule has 0 aromatic carbocycles.